The molecule has 166 valence electrons. The Morgan fingerprint density at radius 1 is 0.815 bits per heavy atom. The molecule has 0 aliphatic heterocycles. The molecule has 0 saturated heterocycles. The third-order valence-electron chi connectivity index (χ3n) is 4.38. The van der Waals surface area contributed by atoms with Crippen molar-refractivity contribution in [2.24, 2.45) is 0 Å². The number of aliphatic hydroxyl groups is 1. The van der Waals surface area contributed by atoms with E-state index in [1.807, 2.05) is 0 Å². The van der Waals surface area contributed by atoms with Gasteiger partial charge in [-0.15, -0.1) is 0 Å². The summed E-state index contributed by atoms with van der Waals surface area (Å²) in [6.45, 7) is 2.34. The molecule has 0 fully saturated rings. The molecule has 0 aromatic heterocycles. The van der Waals surface area contributed by atoms with Crippen molar-refractivity contribution in [3.8, 4) is 0 Å². The summed E-state index contributed by atoms with van der Waals surface area (Å²) in [4.78, 5) is 18.8. The fourth-order valence-corrected chi connectivity index (χ4v) is 3.21. The van der Waals surface area contributed by atoms with E-state index in [1.54, 1.807) is 0 Å². The Balaban J connectivity index is 0. The zero-order chi connectivity index (χ0) is 19.5. The van der Waals surface area contributed by atoms with Crippen molar-refractivity contribution in [3.05, 3.63) is 0 Å². The normalized spacial score (nSPS) is 14.5. The van der Waals surface area contributed by atoms with Crippen molar-refractivity contribution in [3.63, 3.8) is 0 Å². The third-order valence-corrected chi connectivity index (χ3v) is 4.86. The molecule has 0 bridgehead atoms. The molecule has 1 unspecified atom stereocenters. The summed E-state index contributed by atoms with van der Waals surface area (Å²) in [5.41, 5.74) is 0. The molecule has 0 amide bonds. The summed E-state index contributed by atoms with van der Waals surface area (Å²) >= 11 is 0. The van der Waals surface area contributed by atoms with Gasteiger partial charge in [-0.2, -0.15) is 0 Å². The molecule has 0 aliphatic carbocycles. The molecule has 6 N–H and O–H groups in total. The number of rotatable bonds is 20. The second-order valence-electron chi connectivity index (χ2n) is 7.09. The summed E-state index contributed by atoms with van der Waals surface area (Å²) in [7, 11) is -4.76. The zero-order valence-corrected chi connectivity index (χ0v) is 18.5. The summed E-state index contributed by atoms with van der Waals surface area (Å²) in [5.74, 6) is 0. The predicted octanol–water partition coefficient (Wildman–Crippen LogP) is 4.70. The second kappa shape index (κ2) is 20.7. The molecule has 0 aromatic rings. The minimum atomic E-state index is -4.76. The third kappa shape index (κ3) is 26.0. The molecule has 0 radical (unpaired) electrons. The first-order valence-corrected chi connectivity index (χ1v) is 11.9. The molecule has 0 aliphatic rings. The van der Waals surface area contributed by atoms with E-state index in [0.717, 1.165) is 12.8 Å². The van der Waals surface area contributed by atoms with Gasteiger partial charge in [0.05, 0.1) is 13.2 Å². The second-order valence-corrected chi connectivity index (χ2v) is 8.28. The van der Waals surface area contributed by atoms with Gasteiger partial charge < -0.3 is 30.3 Å². The van der Waals surface area contributed by atoms with Crippen LogP contribution in [-0.2, 0) is 13.8 Å². The van der Waals surface area contributed by atoms with Crippen LogP contribution < -0.4 is 11.0 Å². The van der Waals surface area contributed by atoms with Crippen LogP contribution in [0.1, 0.15) is 96.8 Å². The van der Waals surface area contributed by atoms with Crippen molar-refractivity contribution in [2.75, 3.05) is 19.8 Å². The number of quaternary nitrogens is 1. The highest BCUT2D eigenvalue weighted by Gasteiger charge is 2.09. The van der Waals surface area contributed by atoms with E-state index in [9.17, 15) is 14.6 Å². The number of phosphoric ester groups is 1. The largest absolute Gasteiger partial charge is 0.756 e. The molecule has 0 rings (SSSR count). The van der Waals surface area contributed by atoms with Crippen molar-refractivity contribution >= 4 is 7.82 Å². The van der Waals surface area contributed by atoms with Gasteiger partial charge in [0, 0.05) is 6.61 Å². The van der Waals surface area contributed by atoms with Gasteiger partial charge >= 0.3 is 0 Å². The minimum Gasteiger partial charge on any atom is -0.756 e. The summed E-state index contributed by atoms with van der Waals surface area (Å²) in [5, 5.41) is 9.41. The molecule has 0 spiro atoms. The van der Waals surface area contributed by atoms with E-state index in [-0.39, 0.29) is 12.8 Å². The van der Waals surface area contributed by atoms with Gasteiger partial charge in [-0.05, 0) is 6.42 Å². The lowest BCUT2D eigenvalue weighted by Crippen LogP contribution is -2.22. The van der Waals surface area contributed by atoms with Crippen molar-refractivity contribution < 1.29 is 28.7 Å². The van der Waals surface area contributed by atoms with Gasteiger partial charge in [0.25, 0.3) is 7.82 Å². The maximum absolute atomic E-state index is 10.4. The van der Waals surface area contributed by atoms with Crippen LogP contribution in [0.4, 0.5) is 0 Å². The highest BCUT2D eigenvalue weighted by atomic mass is 31.2. The quantitative estimate of drug-likeness (QED) is 0.195. The number of ether oxygens (including phenoxy) is 1. The number of hydrogen-bond donors (Lipinski definition) is 3. The molecule has 2 atom stereocenters. The first-order valence-electron chi connectivity index (χ1n) is 10.4. The molecule has 27 heavy (non-hydrogen) atoms. The first kappa shape index (κ1) is 29.2. The Morgan fingerprint density at radius 2 is 1.22 bits per heavy atom. The highest BCUT2D eigenvalue weighted by Crippen LogP contribution is 2.30. The molecule has 8 heteroatoms. The van der Waals surface area contributed by atoms with Crippen LogP contribution in [0.5, 0.6) is 0 Å². The van der Waals surface area contributed by atoms with Crippen LogP contribution >= 0.6 is 7.82 Å². The van der Waals surface area contributed by atoms with Crippen LogP contribution in [0, 0.1) is 0 Å². The van der Waals surface area contributed by atoms with E-state index >= 15 is 0 Å². The fraction of sp³-hybridized carbons (Fsp3) is 1.00. The van der Waals surface area contributed by atoms with Crippen LogP contribution in [0.15, 0.2) is 0 Å². The lowest BCUT2D eigenvalue weighted by atomic mass is 10.0. The average Bonchev–Trinajstić information content (AvgIpc) is 2.59. The Morgan fingerprint density at radius 3 is 1.63 bits per heavy atom. The van der Waals surface area contributed by atoms with E-state index in [4.69, 9.17) is 9.63 Å². The molecule has 0 saturated carbocycles. The molecular formula is C19H44NO6P. The summed E-state index contributed by atoms with van der Waals surface area (Å²) in [6.07, 6.45) is 17.2. The van der Waals surface area contributed by atoms with Crippen LogP contribution in [-0.4, -0.2) is 35.9 Å². The predicted molar refractivity (Wildman–Crippen MR) is 109 cm³/mol. The van der Waals surface area contributed by atoms with Crippen LogP contribution in [0.2, 0.25) is 0 Å². The Bertz CT molecular complexity index is 340. The Hall–Kier alpha value is -0.0100. The van der Waals surface area contributed by atoms with E-state index in [2.05, 4.69) is 11.4 Å². The Labute approximate surface area is 166 Å². The van der Waals surface area contributed by atoms with Crippen molar-refractivity contribution in [1.82, 2.24) is 6.15 Å². The summed E-state index contributed by atoms with van der Waals surface area (Å²) in [6, 6.07) is 0. The van der Waals surface area contributed by atoms with E-state index in [1.165, 1.54) is 77.0 Å². The molecule has 0 aromatic carbocycles. The van der Waals surface area contributed by atoms with Crippen molar-refractivity contribution in [2.45, 2.75) is 103 Å². The molecule has 0 heterocycles. The SMILES string of the molecule is CCCCCCCCCCCCCCCCOC[C@@H](O)COP(=O)([O-])O.[NH4+]. The average molecular weight is 414 g/mol. The standard InChI is InChI=1S/C19H41O6P.H3N/c1-2-3-4-5-6-7-8-9-10-11-12-13-14-15-16-24-17-19(20)18-25-26(21,22)23;/h19-20H,2-18H2,1H3,(H2,21,22,23);1H3/t19-;/m1./s1. The number of hydrogen-bond acceptors (Lipinski definition) is 5. The molecule has 7 nitrogen and oxygen atoms in total. The maximum atomic E-state index is 10.4. The lowest BCUT2D eigenvalue weighted by Gasteiger charge is -2.18. The van der Waals surface area contributed by atoms with Gasteiger partial charge in [0.2, 0.25) is 0 Å². The topological polar surface area (TPSA) is 136 Å². The Kier molecular flexibility index (Phi) is 22.4. The monoisotopic (exact) mass is 413 g/mol. The lowest BCUT2D eigenvalue weighted by molar-refractivity contribution is -0.222. The zero-order valence-electron chi connectivity index (χ0n) is 17.6. The highest BCUT2D eigenvalue weighted by molar-refractivity contribution is 7.44. The van der Waals surface area contributed by atoms with Gasteiger partial charge in [0.1, 0.15) is 6.10 Å². The van der Waals surface area contributed by atoms with Crippen molar-refractivity contribution in [1.29, 1.82) is 0 Å². The number of aliphatic hydroxyl groups excluding tert-OH is 1. The van der Waals surface area contributed by atoms with Gasteiger partial charge in [-0.3, -0.25) is 4.57 Å². The first-order chi connectivity index (χ1) is 12.5. The fourth-order valence-electron chi connectivity index (χ4n) is 2.85. The number of phosphoric acid groups is 1. The minimum absolute atomic E-state index is 0. The van der Waals surface area contributed by atoms with Crippen LogP contribution in [0.3, 0.4) is 0 Å². The van der Waals surface area contributed by atoms with Gasteiger partial charge in [-0.1, -0.05) is 90.4 Å². The van der Waals surface area contributed by atoms with Gasteiger partial charge in [0.15, 0.2) is 0 Å². The molecular weight excluding hydrogens is 369 g/mol. The van der Waals surface area contributed by atoms with E-state index < -0.39 is 20.5 Å². The summed E-state index contributed by atoms with van der Waals surface area (Å²) < 4.78 is 19.7. The maximum Gasteiger partial charge on any atom is 0.265 e. The van der Waals surface area contributed by atoms with E-state index in [0.29, 0.717) is 6.61 Å². The van der Waals surface area contributed by atoms with Gasteiger partial charge in [-0.25, -0.2) is 0 Å². The smallest absolute Gasteiger partial charge is 0.265 e. The number of unbranched alkanes of at least 4 members (excludes halogenated alkanes) is 13. The van der Waals surface area contributed by atoms with Crippen LogP contribution in [0.25, 0.3) is 0 Å².